The Morgan fingerprint density at radius 3 is 2.62 bits per heavy atom. The molecule has 1 aromatic rings. The first-order chi connectivity index (χ1) is 9.97. The summed E-state index contributed by atoms with van der Waals surface area (Å²) in [6.45, 7) is 8.61. The molecule has 1 aromatic carbocycles. The number of thioether (sulfide) groups is 1. The fourth-order valence-electron chi connectivity index (χ4n) is 2.30. The third-order valence-corrected chi connectivity index (χ3v) is 4.64. The Kier molecular flexibility index (Phi) is 8.53. The Bertz CT molecular complexity index is 423. The topological polar surface area (TPSA) is 15.3 Å². The van der Waals surface area contributed by atoms with Crippen LogP contribution in [0.25, 0.3) is 0 Å². The summed E-state index contributed by atoms with van der Waals surface area (Å²) in [5.74, 6) is 1.84. The number of benzene rings is 1. The van der Waals surface area contributed by atoms with E-state index in [4.69, 9.17) is 11.6 Å². The van der Waals surface area contributed by atoms with E-state index in [1.807, 2.05) is 23.9 Å². The lowest BCUT2D eigenvalue weighted by Gasteiger charge is -2.30. The minimum absolute atomic E-state index is 0.487. The van der Waals surface area contributed by atoms with Crippen LogP contribution in [0.15, 0.2) is 18.2 Å². The Hall–Kier alpha value is -0.380. The summed E-state index contributed by atoms with van der Waals surface area (Å²) in [7, 11) is 2.15. The third-order valence-electron chi connectivity index (χ3n) is 3.69. The van der Waals surface area contributed by atoms with E-state index in [0.717, 1.165) is 18.1 Å². The highest BCUT2D eigenvalue weighted by Crippen LogP contribution is 2.31. The molecule has 0 bridgehead atoms. The molecule has 0 saturated carbocycles. The van der Waals surface area contributed by atoms with Crippen LogP contribution in [0.2, 0.25) is 5.02 Å². The summed E-state index contributed by atoms with van der Waals surface area (Å²) in [6.07, 6.45) is 3.32. The quantitative estimate of drug-likeness (QED) is 0.709. The van der Waals surface area contributed by atoms with Crippen LogP contribution < -0.4 is 10.2 Å². The molecular formula is C17H29ClN2S. The molecule has 1 unspecified atom stereocenters. The van der Waals surface area contributed by atoms with Gasteiger partial charge in [0, 0.05) is 19.6 Å². The zero-order valence-electron chi connectivity index (χ0n) is 13.9. The number of hydrogen-bond acceptors (Lipinski definition) is 3. The Morgan fingerprint density at radius 2 is 2.00 bits per heavy atom. The third kappa shape index (κ3) is 6.09. The van der Waals surface area contributed by atoms with E-state index >= 15 is 0 Å². The molecule has 21 heavy (non-hydrogen) atoms. The number of halogens is 1. The van der Waals surface area contributed by atoms with Crippen molar-refractivity contribution in [2.45, 2.75) is 39.8 Å². The van der Waals surface area contributed by atoms with Crippen LogP contribution in [0.3, 0.4) is 0 Å². The summed E-state index contributed by atoms with van der Waals surface area (Å²) >= 11 is 8.37. The Labute approximate surface area is 139 Å². The van der Waals surface area contributed by atoms with E-state index in [9.17, 15) is 0 Å². The number of rotatable bonds is 9. The molecule has 0 aliphatic rings. The van der Waals surface area contributed by atoms with Crippen LogP contribution in [0.5, 0.6) is 0 Å². The number of anilines is 1. The molecule has 1 atom stereocenters. The number of hydrogen-bond donors (Lipinski definition) is 1. The first kappa shape index (κ1) is 18.7. The van der Waals surface area contributed by atoms with Crippen molar-refractivity contribution in [2.24, 2.45) is 5.92 Å². The van der Waals surface area contributed by atoms with Gasteiger partial charge in [0.05, 0.1) is 10.7 Å². The van der Waals surface area contributed by atoms with Gasteiger partial charge in [-0.25, -0.2) is 0 Å². The van der Waals surface area contributed by atoms with Crippen LogP contribution in [-0.4, -0.2) is 31.6 Å². The number of nitrogens with zero attached hydrogens (tertiary/aromatic N) is 1. The highest BCUT2D eigenvalue weighted by Gasteiger charge is 2.16. The summed E-state index contributed by atoms with van der Waals surface area (Å²) in [5, 5.41) is 4.36. The molecule has 2 nitrogen and oxygen atoms in total. The van der Waals surface area contributed by atoms with Crippen LogP contribution >= 0.6 is 23.4 Å². The minimum Gasteiger partial charge on any atom is -0.370 e. The normalized spacial score (nSPS) is 12.7. The Balaban J connectivity index is 2.83. The van der Waals surface area contributed by atoms with Crippen molar-refractivity contribution in [1.82, 2.24) is 5.32 Å². The first-order valence-electron chi connectivity index (χ1n) is 7.67. The summed E-state index contributed by atoms with van der Waals surface area (Å²) in [5.41, 5.74) is 2.45. The van der Waals surface area contributed by atoms with E-state index < -0.39 is 0 Å². The van der Waals surface area contributed by atoms with Gasteiger partial charge in [-0.05, 0) is 49.4 Å². The van der Waals surface area contributed by atoms with Crippen molar-refractivity contribution >= 4 is 29.1 Å². The first-order valence-corrected chi connectivity index (χ1v) is 9.44. The number of nitrogens with one attached hydrogen (secondary N) is 1. The molecule has 0 radical (unpaired) electrons. The zero-order valence-corrected chi connectivity index (χ0v) is 15.5. The van der Waals surface area contributed by atoms with Crippen molar-refractivity contribution in [3.63, 3.8) is 0 Å². The summed E-state index contributed by atoms with van der Waals surface area (Å²) < 4.78 is 0. The molecule has 1 N–H and O–H groups in total. The summed E-state index contributed by atoms with van der Waals surface area (Å²) in [6, 6.07) is 6.69. The van der Waals surface area contributed by atoms with Gasteiger partial charge in [-0.1, -0.05) is 37.6 Å². The predicted molar refractivity (Wildman–Crippen MR) is 98.9 cm³/mol. The van der Waals surface area contributed by atoms with E-state index in [-0.39, 0.29) is 0 Å². The van der Waals surface area contributed by atoms with E-state index in [1.54, 1.807) is 0 Å². The van der Waals surface area contributed by atoms with Crippen LogP contribution in [-0.2, 0) is 6.54 Å². The molecule has 120 valence electrons. The molecule has 0 saturated heterocycles. The molecule has 4 heteroatoms. The molecule has 1 rings (SSSR count). The lowest BCUT2D eigenvalue weighted by atomic mass is 10.1. The molecule has 0 aromatic heterocycles. The maximum Gasteiger partial charge on any atom is 0.0642 e. The zero-order chi connectivity index (χ0) is 15.8. The van der Waals surface area contributed by atoms with Gasteiger partial charge in [-0.2, -0.15) is 11.8 Å². The average Bonchev–Trinajstić information content (AvgIpc) is 2.44. The second-order valence-electron chi connectivity index (χ2n) is 6.01. The van der Waals surface area contributed by atoms with E-state index in [2.05, 4.69) is 50.4 Å². The smallest absolute Gasteiger partial charge is 0.0642 e. The van der Waals surface area contributed by atoms with Gasteiger partial charge in [0.2, 0.25) is 0 Å². The fourth-order valence-corrected chi connectivity index (χ4v) is 3.20. The van der Waals surface area contributed by atoms with Crippen molar-refractivity contribution < 1.29 is 0 Å². The lowest BCUT2D eigenvalue weighted by molar-refractivity contribution is 0.551. The highest BCUT2D eigenvalue weighted by molar-refractivity contribution is 7.98. The SMILES string of the molecule is CSCCC(C)N(C)c1c(Cl)cccc1CNCC(C)C. The molecule has 0 heterocycles. The molecule has 0 spiro atoms. The van der Waals surface area contributed by atoms with Gasteiger partial charge in [-0.3, -0.25) is 0 Å². The monoisotopic (exact) mass is 328 g/mol. The predicted octanol–water partition coefficient (Wildman–Crippen LogP) is 4.66. The van der Waals surface area contributed by atoms with Crippen molar-refractivity contribution in [3.05, 3.63) is 28.8 Å². The molecule has 0 fully saturated rings. The van der Waals surface area contributed by atoms with Crippen LogP contribution in [0.1, 0.15) is 32.8 Å². The lowest BCUT2D eigenvalue weighted by Crippen LogP contribution is -2.31. The fraction of sp³-hybridized carbons (Fsp3) is 0.647. The molecule has 0 aliphatic carbocycles. The average molecular weight is 329 g/mol. The Morgan fingerprint density at radius 1 is 1.29 bits per heavy atom. The van der Waals surface area contributed by atoms with Gasteiger partial charge in [0.25, 0.3) is 0 Å². The maximum atomic E-state index is 6.47. The van der Waals surface area contributed by atoms with E-state index in [0.29, 0.717) is 12.0 Å². The van der Waals surface area contributed by atoms with Gasteiger partial charge >= 0.3 is 0 Å². The second kappa shape index (κ2) is 9.60. The van der Waals surface area contributed by atoms with Gasteiger partial charge in [0.1, 0.15) is 0 Å². The van der Waals surface area contributed by atoms with Crippen molar-refractivity contribution in [3.8, 4) is 0 Å². The van der Waals surface area contributed by atoms with Gasteiger partial charge in [-0.15, -0.1) is 0 Å². The minimum atomic E-state index is 0.487. The highest BCUT2D eigenvalue weighted by atomic mass is 35.5. The largest absolute Gasteiger partial charge is 0.370 e. The van der Waals surface area contributed by atoms with Gasteiger partial charge < -0.3 is 10.2 Å². The van der Waals surface area contributed by atoms with E-state index in [1.165, 1.54) is 23.4 Å². The van der Waals surface area contributed by atoms with Crippen molar-refractivity contribution in [1.29, 1.82) is 0 Å². The maximum absolute atomic E-state index is 6.47. The van der Waals surface area contributed by atoms with Crippen LogP contribution in [0, 0.1) is 5.92 Å². The van der Waals surface area contributed by atoms with Crippen LogP contribution in [0.4, 0.5) is 5.69 Å². The molecule has 0 aliphatic heterocycles. The summed E-state index contributed by atoms with van der Waals surface area (Å²) in [4.78, 5) is 2.32. The second-order valence-corrected chi connectivity index (χ2v) is 7.41. The molecule has 0 amide bonds. The van der Waals surface area contributed by atoms with Crippen molar-refractivity contribution in [2.75, 3.05) is 30.5 Å². The standard InChI is InChI=1S/C17H29ClN2S/c1-13(2)11-19-12-15-7-6-8-16(18)17(15)20(4)14(3)9-10-21-5/h6-8,13-14,19H,9-12H2,1-5H3. The number of para-hydroxylation sites is 1. The molecular weight excluding hydrogens is 300 g/mol. The van der Waals surface area contributed by atoms with Gasteiger partial charge in [0.15, 0.2) is 0 Å².